The number of amides is 1. The van der Waals surface area contributed by atoms with Crippen LogP contribution >= 0.6 is 0 Å². The molecule has 2 unspecified atom stereocenters. The number of anilines is 3. The first-order chi connectivity index (χ1) is 25.1. The molecule has 5 heteroatoms. The van der Waals surface area contributed by atoms with Crippen LogP contribution in [0.1, 0.15) is 161 Å². The van der Waals surface area contributed by atoms with Crippen molar-refractivity contribution in [3.8, 4) is 5.75 Å². The summed E-state index contributed by atoms with van der Waals surface area (Å²) in [6.45, 7) is 10.1. The van der Waals surface area contributed by atoms with Crippen LogP contribution in [0, 0.1) is 52.3 Å². The molecule has 286 valence electrons. The molecule has 52 heavy (non-hydrogen) atoms. The first-order valence-electron chi connectivity index (χ1n) is 21.8. The summed E-state index contributed by atoms with van der Waals surface area (Å²) in [5.41, 5.74) is 16.8. The number of unbranched alkanes of at least 4 members (excludes halogenated alkanes) is 2. The number of fused-ring (bicyclic) bond motifs is 5. The second-order valence-corrected chi connectivity index (χ2v) is 19.1. The topological polar surface area (TPSA) is 90.4 Å². The summed E-state index contributed by atoms with van der Waals surface area (Å²) in [5, 5.41) is 3.25. The first-order valence-corrected chi connectivity index (χ1v) is 21.8. The van der Waals surface area contributed by atoms with Gasteiger partial charge in [-0.15, -0.1) is 0 Å². The highest BCUT2D eigenvalue weighted by Gasteiger charge is 2.60. The summed E-state index contributed by atoms with van der Waals surface area (Å²) in [6, 6.07) is 14.5. The van der Waals surface area contributed by atoms with Gasteiger partial charge in [0.2, 0.25) is 5.91 Å². The van der Waals surface area contributed by atoms with Gasteiger partial charge in [0.15, 0.2) is 0 Å². The fraction of sp³-hybridized carbons (Fsp3) is 0.723. The Hall–Kier alpha value is -2.69. The van der Waals surface area contributed by atoms with E-state index in [1.165, 1.54) is 102 Å². The quantitative estimate of drug-likeness (QED) is 0.151. The van der Waals surface area contributed by atoms with Crippen LogP contribution in [0.3, 0.4) is 0 Å². The van der Waals surface area contributed by atoms with E-state index in [4.69, 9.17) is 16.2 Å². The number of hydrogen-bond acceptors (Lipinski definition) is 4. The van der Waals surface area contributed by atoms with Crippen molar-refractivity contribution >= 4 is 23.0 Å². The van der Waals surface area contributed by atoms with Gasteiger partial charge in [0.1, 0.15) is 5.75 Å². The Labute approximate surface area is 316 Å². The predicted molar refractivity (Wildman–Crippen MR) is 217 cm³/mol. The van der Waals surface area contributed by atoms with Gasteiger partial charge in [-0.2, -0.15) is 0 Å². The zero-order valence-electron chi connectivity index (χ0n) is 33.1. The van der Waals surface area contributed by atoms with Crippen molar-refractivity contribution in [3.05, 3.63) is 48.0 Å². The molecule has 5 aliphatic rings. The van der Waals surface area contributed by atoms with E-state index < -0.39 is 0 Å². The number of nitrogen functional groups attached to an aromatic ring is 2. The number of nitrogens with one attached hydrogen (secondary N) is 1. The van der Waals surface area contributed by atoms with E-state index in [2.05, 4.69) is 57.3 Å². The van der Waals surface area contributed by atoms with Crippen LogP contribution in [0.15, 0.2) is 42.5 Å². The van der Waals surface area contributed by atoms with Crippen molar-refractivity contribution < 1.29 is 9.53 Å². The normalized spacial score (nSPS) is 36.2. The Balaban J connectivity index is 0.878. The van der Waals surface area contributed by atoms with Crippen LogP contribution in [0.2, 0.25) is 0 Å². The van der Waals surface area contributed by atoms with E-state index in [-0.39, 0.29) is 12.0 Å². The Morgan fingerprint density at radius 1 is 0.865 bits per heavy atom. The summed E-state index contributed by atoms with van der Waals surface area (Å²) in [5.74, 6) is 7.18. The smallest absolute Gasteiger partial charge is 0.224 e. The number of ether oxygens (including phenoxy) is 1. The predicted octanol–water partition coefficient (Wildman–Crippen LogP) is 12.2. The Bertz CT molecular complexity index is 1500. The van der Waals surface area contributed by atoms with Crippen LogP contribution in [0.25, 0.3) is 0 Å². The molecular weight excluding hydrogens is 639 g/mol. The van der Waals surface area contributed by atoms with E-state index in [0.29, 0.717) is 40.5 Å². The van der Waals surface area contributed by atoms with Gasteiger partial charge in [-0.3, -0.25) is 4.79 Å². The van der Waals surface area contributed by atoms with Gasteiger partial charge in [0, 0.05) is 17.8 Å². The van der Waals surface area contributed by atoms with Crippen molar-refractivity contribution in [2.75, 3.05) is 16.8 Å². The molecule has 1 amide bonds. The van der Waals surface area contributed by atoms with Gasteiger partial charge in [-0.1, -0.05) is 65.5 Å². The molecule has 0 saturated heterocycles. The third kappa shape index (κ3) is 7.76. The molecule has 7 rings (SSSR count). The average Bonchev–Trinajstić information content (AvgIpc) is 3.50. The number of nitrogens with two attached hydrogens (primary N) is 2. The molecular formula is C47H71N3O2. The minimum absolute atomic E-state index is 0.181. The molecule has 5 fully saturated rings. The minimum atomic E-state index is 0.181. The van der Waals surface area contributed by atoms with E-state index in [1.54, 1.807) is 0 Å². The van der Waals surface area contributed by atoms with Gasteiger partial charge in [0.05, 0.1) is 11.8 Å². The summed E-state index contributed by atoms with van der Waals surface area (Å²) >= 11 is 0. The highest BCUT2D eigenvalue weighted by Crippen LogP contribution is 2.68. The van der Waals surface area contributed by atoms with E-state index in [1.807, 2.05) is 18.2 Å². The SMILES string of the molecule is CCCCCC1CCC(c2ccc(NC(=O)CC[C@@H](C)[C@H]3CC[C@H]4[C@@H]5CCC6CC(Oc7ccc(N)cc7N)CC[C@]6(C)[C@H]5CC[C@]34C)cc2)CC1. The molecule has 0 heterocycles. The third-order valence-electron chi connectivity index (χ3n) is 16.3. The monoisotopic (exact) mass is 710 g/mol. The second-order valence-electron chi connectivity index (χ2n) is 19.1. The standard InChI is InChI=1S/C47H71N3O2/c1-5-6-7-8-32-10-12-33(13-11-32)34-14-18-37(19-15-34)50-45(51)24-9-31(2)40-21-22-41-39-20-16-35-29-38(52-44-23-17-36(48)30-43(44)49)25-27-46(35,3)42(39)26-28-47(40,41)4/h14-15,17-19,23,30-33,35,38-42H,5-13,16,20-22,24-29,48-49H2,1-4H3,(H,50,51)/t31-,32?,33?,35?,38?,39+,40-,41+,42+,46+,47-/m1/s1. The van der Waals surface area contributed by atoms with E-state index in [9.17, 15) is 4.79 Å². The van der Waals surface area contributed by atoms with Gasteiger partial charge in [0.25, 0.3) is 0 Å². The Kier molecular flexibility index (Phi) is 11.5. The van der Waals surface area contributed by atoms with Crippen LogP contribution in [0.5, 0.6) is 5.75 Å². The molecule has 0 spiro atoms. The molecule has 9 atom stereocenters. The van der Waals surface area contributed by atoms with E-state index in [0.717, 1.165) is 66.2 Å². The van der Waals surface area contributed by atoms with Crippen molar-refractivity contribution in [2.45, 2.75) is 162 Å². The number of carbonyl (C=O) groups excluding carboxylic acids is 1. The maximum Gasteiger partial charge on any atom is 0.224 e. The largest absolute Gasteiger partial charge is 0.488 e. The van der Waals surface area contributed by atoms with Crippen molar-refractivity contribution in [1.29, 1.82) is 0 Å². The fourth-order valence-corrected chi connectivity index (χ4v) is 13.2. The van der Waals surface area contributed by atoms with Gasteiger partial charge in [-0.05, 0) is 184 Å². The fourth-order valence-electron chi connectivity index (χ4n) is 13.2. The maximum atomic E-state index is 13.2. The summed E-state index contributed by atoms with van der Waals surface area (Å²) in [6.07, 6.45) is 24.5. The number of hydrogen-bond donors (Lipinski definition) is 3. The lowest BCUT2D eigenvalue weighted by molar-refractivity contribution is -0.127. The van der Waals surface area contributed by atoms with Gasteiger partial charge in [-0.25, -0.2) is 0 Å². The van der Waals surface area contributed by atoms with Gasteiger partial charge >= 0.3 is 0 Å². The number of carbonyl (C=O) groups is 1. The molecule has 5 saturated carbocycles. The number of benzene rings is 2. The van der Waals surface area contributed by atoms with Crippen molar-refractivity contribution in [2.24, 2.45) is 52.3 Å². The van der Waals surface area contributed by atoms with Crippen molar-refractivity contribution in [1.82, 2.24) is 0 Å². The molecule has 5 N–H and O–H groups in total. The molecule has 0 aromatic heterocycles. The molecule has 2 aromatic carbocycles. The lowest BCUT2D eigenvalue weighted by atomic mass is 9.44. The minimum Gasteiger partial charge on any atom is -0.488 e. The molecule has 5 aliphatic carbocycles. The third-order valence-corrected chi connectivity index (χ3v) is 16.3. The molecule has 0 bridgehead atoms. The van der Waals surface area contributed by atoms with Crippen LogP contribution in [0.4, 0.5) is 17.1 Å². The molecule has 0 radical (unpaired) electrons. The molecule has 0 aliphatic heterocycles. The van der Waals surface area contributed by atoms with Crippen LogP contribution in [-0.4, -0.2) is 12.0 Å². The summed E-state index contributed by atoms with van der Waals surface area (Å²) in [7, 11) is 0. The average molecular weight is 710 g/mol. The van der Waals surface area contributed by atoms with Crippen LogP contribution in [-0.2, 0) is 4.79 Å². The zero-order chi connectivity index (χ0) is 36.5. The number of rotatable bonds is 12. The zero-order valence-corrected chi connectivity index (χ0v) is 33.1. The highest BCUT2D eigenvalue weighted by atomic mass is 16.5. The lowest BCUT2D eigenvalue weighted by Crippen LogP contribution is -2.54. The molecule has 5 nitrogen and oxygen atoms in total. The lowest BCUT2D eigenvalue weighted by Gasteiger charge is -2.61. The van der Waals surface area contributed by atoms with Crippen molar-refractivity contribution in [3.63, 3.8) is 0 Å². The summed E-state index contributed by atoms with van der Waals surface area (Å²) < 4.78 is 6.50. The Morgan fingerprint density at radius 2 is 1.62 bits per heavy atom. The van der Waals surface area contributed by atoms with Gasteiger partial charge < -0.3 is 21.5 Å². The maximum absolute atomic E-state index is 13.2. The first kappa shape index (κ1) is 37.6. The molecule has 2 aromatic rings. The second kappa shape index (κ2) is 16.0. The van der Waals surface area contributed by atoms with Crippen LogP contribution < -0.4 is 21.5 Å². The van der Waals surface area contributed by atoms with E-state index >= 15 is 0 Å². The highest BCUT2D eigenvalue weighted by molar-refractivity contribution is 5.90. The summed E-state index contributed by atoms with van der Waals surface area (Å²) in [4.78, 5) is 13.2. The Morgan fingerprint density at radius 3 is 2.37 bits per heavy atom.